The van der Waals surface area contributed by atoms with Gasteiger partial charge < -0.3 is 38.3 Å². The third-order valence-electron chi connectivity index (χ3n) is 11.8. The summed E-state index contributed by atoms with van der Waals surface area (Å²) in [6, 6.07) is 0. The van der Waals surface area contributed by atoms with Gasteiger partial charge in [0.25, 0.3) is 0 Å². The van der Waals surface area contributed by atoms with Crippen molar-refractivity contribution in [2.45, 2.75) is 137 Å². The number of hydrogen-bond acceptors (Lipinski definition) is 14. The van der Waals surface area contributed by atoms with E-state index >= 15 is 0 Å². The number of aliphatic hydroxyl groups excluding tert-OH is 1. The molecule has 1 heterocycles. The van der Waals surface area contributed by atoms with Crippen molar-refractivity contribution in [3.05, 3.63) is 12.2 Å². The molecule has 4 aliphatic carbocycles. The predicted octanol–water partition coefficient (Wildman–Crippen LogP) is 2.95. The van der Waals surface area contributed by atoms with E-state index < -0.39 is 112 Å². The third-order valence-corrected chi connectivity index (χ3v) is 11.8. The molecule has 2 bridgehead atoms. The average Bonchev–Trinajstić information content (AvgIpc) is 3.24. The van der Waals surface area contributed by atoms with Crippen LogP contribution < -0.4 is 0 Å². The van der Waals surface area contributed by atoms with Gasteiger partial charge in [0.2, 0.25) is 6.29 Å². The maximum absolute atomic E-state index is 13.7. The second-order valence-corrected chi connectivity index (χ2v) is 15.9. The van der Waals surface area contributed by atoms with Crippen LogP contribution in [0.2, 0.25) is 0 Å². The Balaban J connectivity index is 1.94. The monoisotopic (exact) mass is 706 g/mol. The Morgan fingerprint density at radius 1 is 0.860 bits per heavy atom. The van der Waals surface area contributed by atoms with Crippen molar-refractivity contribution in [2.24, 2.45) is 40.4 Å². The van der Waals surface area contributed by atoms with E-state index in [0.29, 0.717) is 5.57 Å². The van der Waals surface area contributed by atoms with Crippen molar-refractivity contribution in [1.82, 2.24) is 0 Å². The predicted molar refractivity (Wildman–Crippen MR) is 170 cm³/mol. The summed E-state index contributed by atoms with van der Waals surface area (Å²) in [5, 5.41) is 10.6. The highest BCUT2D eigenvalue weighted by atomic mass is 16.7. The van der Waals surface area contributed by atoms with Crippen LogP contribution in [-0.2, 0) is 61.9 Å². The molecule has 1 saturated heterocycles. The smallest absolute Gasteiger partial charge is 0.334 e. The van der Waals surface area contributed by atoms with Crippen LogP contribution in [-0.4, -0.2) is 88.9 Å². The molecule has 5 aliphatic rings. The van der Waals surface area contributed by atoms with Gasteiger partial charge in [0.15, 0.2) is 11.7 Å². The van der Waals surface area contributed by atoms with Gasteiger partial charge in [0, 0.05) is 33.6 Å². The van der Waals surface area contributed by atoms with Gasteiger partial charge in [0.05, 0.1) is 12.3 Å². The lowest BCUT2D eigenvalue weighted by molar-refractivity contribution is -0.294. The van der Waals surface area contributed by atoms with Gasteiger partial charge in [-0.05, 0) is 56.8 Å². The zero-order valence-corrected chi connectivity index (χ0v) is 30.4. The lowest BCUT2D eigenvalue weighted by atomic mass is 9.56. The van der Waals surface area contributed by atoms with Gasteiger partial charge in [-0.2, -0.15) is 0 Å². The van der Waals surface area contributed by atoms with E-state index in [9.17, 15) is 33.9 Å². The van der Waals surface area contributed by atoms with E-state index in [0.717, 1.165) is 0 Å². The summed E-state index contributed by atoms with van der Waals surface area (Å²) in [5.41, 5.74) is -5.18. The van der Waals surface area contributed by atoms with E-state index in [1.807, 2.05) is 13.8 Å². The van der Waals surface area contributed by atoms with Gasteiger partial charge in [-0.15, -0.1) is 0 Å². The van der Waals surface area contributed by atoms with Crippen LogP contribution in [0.1, 0.15) is 88.5 Å². The van der Waals surface area contributed by atoms with Crippen molar-refractivity contribution < 1.29 is 67.0 Å². The normalized spacial score (nSPS) is 42.2. The van der Waals surface area contributed by atoms with E-state index in [4.69, 9.17) is 33.2 Å². The number of carbonyl (C=O) groups excluding carboxylic acids is 6. The molecule has 0 aromatic heterocycles. The largest absolute Gasteiger partial charge is 0.462 e. The molecule has 5 fully saturated rings. The fourth-order valence-electron chi connectivity index (χ4n) is 10.5. The Morgan fingerprint density at radius 3 is 1.98 bits per heavy atom. The summed E-state index contributed by atoms with van der Waals surface area (Å²) in [7, 11) is 0. The number of carbonyl (C=O) groups is 6. The second-order valence-electron chi connectivity index (χ2n) is 15.9. The summed E-state index contributed by atoms with van der Waals surface area (Å²) < 4.78 is 44.0. The van der Waals surface area contributed by atoms with Gasteiger partial charge in [-0.25, -0.2) is 4.79 Å². The highest BCUT2D eigenvalue weighted by Crippen LogP contribution is 2.80. The second kappa shape index (κ2) is 12.6. The fraction of sp³-hybridized carbons (Fsp3) is 0.778. The number of aliphatic hydroxyl groups is 1. The molecular weight excluding hydrogens is 656 g/mol. The molecule has 278 valence electrons. The summed E-state index contributed by atoms with van der Waals surface area (Å²) in [5.74, 6) is -7.81. The van der Waals surface area contributed by atoms with Crippen LogP contribution in [0.4, 0.5) is 0 Å². The van der Waals surface area contributed by atoms with E-state index in [-0.39, 0.29) is 31.1 Å². The Morgan fingerprint density at radius 2 is 1.46 bits per heavy atom. The topological polar surface area (TPSA) is 187 Å². The first-order valence-electron chi connectivity index (χ1n) is 17.2. The molecule has 0 spiro atoms. The zero-order valence-electron chi connectivity index (χ0n) is 30.4. The van der Waals surface area contributed by atoms with Crippen molar-refractivity contribution >= 4 is 35.8 Å². The minimum atomic E-state index is -1.86. The molecular formula is C36H50O14. The minimum absolute atomic E-state index is 0.0343. The Bertz CT molecular complexity index is 1480. The SMILES string of the molecule is C=C(C)CC(=O)OC1CC2C(C3C4(C)OC(OC(C)=O)C13C(OC(=O)C(C)O)C1C(OC(C)=O)C(C)CC1(OC(C)=O)C4OC(C)=O)C2(C)C. The van der Waals surface area contributed by atoms with Gasteiger partial charge >= 0.3 is 35.8 Å². The maximum atomic E-state index is 13.7. The molecule has 0 aromatic rings. The quantitative estimate of drug-likeness (QED) is 0.209. The van der Waals surface area contributed by atoms with Crippen LogP contribution in [0.15, 0.2) is 12.2 Å². The van der Waals surface area contributed by atoms with Crippen molar-refractivity contribution in [2.75, 3.05) is 0 Å². The molecule has 0 amide bonds. The van der Waals surface area contributed by atoms with E-state index in [2.05, 4.69) is 6.58 Å². The summed E-state index contributed by atoms with van der Waals surface area (Å²) >= 11 is 0. The fourth-order valence-corrected chi connectivity index (χ4v) is 10.5. The number of ether oxygens (including phenoxy) is 7. The van der Waals surface area contributed by atoms with Crippen LogP contribution >= 0.6 is 0 Å². The first-order chi connectivity index (χ1) is 23.0. The molecule has 14 nitrogen and oxygen atoms in total. The van der Waals surface area contributed by atoms with Gasteiger partial charge in [0.1, 0.15) is 35.4 Å². The lowest BCUT2D eigenvalue weighted by Gasteiger charge is -2.52. The first-order valence-corrected chi connectivity index (χ1v) is 17.2. The van der Waals surface area contributed by atoms with E-state index in [1.54, 1.807) is 20.8 Å². The Kier molecular flexibility index (Phi) is 9.51. The molecule has 14 heteroatoms. The number of rotatable bonds is 9. The summed E-state index contributed by atoms with van der Waals surface area (Å²) in [4.78, 5) is 79.3. The van der Waals surface area contributed by atoms with Crippen molar-refractivity contribution in [3.63, 3.8) is 0 Å². The molecule has 0 aromatic carbocycles. The number of esters is 6. The van der Waals surface area contributed by atoms with Crippen molar-refractivity contribution in [3.8, 4) is 0 Å². The number of hydrogen-bond donors (Lipinski definition) is 1. The molecule has 0 radical (unpaired) electrons. The Labute approximate surface area is 291 Å². The molecule has 14 atom stereocenters. The maximum Gasteiger partial charge on any atom is 0.334 e. The van der Waals surface area contributed by atoms with Crippen LogP contribution in [0.25, 0.3) is 0 Å². The average molecular weight is 707 g/mol. The molecule has 50 heavy (non-hydrogen) atoms. The zero-order chi connectivity index (χ0) is 37.5. The Hall–Kier alpha value is -3.52. The molecule has 4 saturated carbocycles. The lowest BCUT2D eigenvalue weighted by Crippen LogP contribution is -2.67. The standard InChI is InChI=1S/C36H50O14/c1-15(2)12-24(42)47-23-13-22-25(33(22,9)10)28-34(11)31(45-19(6)39)35(49-21(8)41)14-16(3)27(44-18(5)38)26(35)29(48-30(43)17(4)37)36(23,28)32(50-34)46-20(7)40/h16-17,22-23,25-29,31-32,37H,1,12-14H2,2-11H3. The van der Waals surface area contributed by atoms with Crippen LogP contribution in [0.5, 0.6) is 0 Å². The van der Waals surface area contributed by atoms with Gasteiger partial charge in [-0.3, -0.25) is 24.0 Å². The molecule has 5 rings (SSSR count). The van der Waals surface area contributed by atoms with Crippen molar-refractivity contribution in [1.29, 1.82) is 0 Å². The summed E-state index contributed by atoms with van der Waals surface area (Å²) in [6.45, 7) is 19.0. The van der Waals surface area contributed by atoms with Crippen LogP contribution in [0.3, 0.4) is 0 Å². The highest BCUT2D eigenvalue weighted by molar-refractivity contribution is 5.75. The van der Waals surface area contributed by atoms with Gasteiger partial charge in [-0.1, -0.05) is 32.9 Å². The molecule has 14 unspecified atom stereocenters. The number of fused-ring (bicyclic) bond motifs is 2. The highest BCUT2D eigenvalue weighted by Gasteiger charge is 2.89. The molecule has 1 aliphatic heterocycles. The van der Waals surface area contributed by atoms with Crippen LogP contribution in [0, 0.1) is 40.4 Å². The first kappa shape index (κ1) is 37.7. The van der Waals surface area contributed by atoms with E-state index in [1.165, 1.54) is 34.6 Å². The summed E-state index contributed by atoms with van der Waals surface area (Å²) in [6.07, 6.45) is -8.50. The minimum Gasteiger partial charge on any atom is -0.462 e. The third kappa shape index (κ3) is 5.70. The molecule has 1 N–H and O–H groups in total.